The normalized spacial score (nSPS) is 11.5. The van der Waals surface area contributed by atoms with Crippen LogP contribution in [0.5, 0.6) is 0 Å². The summed E-state index contributed by atoms with van der Waals surface area (Å²) in [7, 11) is 0. The topological polar surface area (TPSA) is 26.9 Å². The van der Waals surface area contributed by atoms with Crippen LogP contribution in [0.15, 0.2) is 18.3 Å². The molecule has 0 aliphatic rings. The van der Waals surface area contributed by atoms with Gasteiger partial charge in [-0.2, -0.15) is 17.9 Å². The second-order valence-electron chi connectivity index (χ2n) is 1.86. The summed E-state index contributed by atoms with van der Waals surface area (Å²) in [5.41, 5.74) is -1.06. The van der Waals surface area contributed by atoms with Gasteiger partial charge in [0.15, 0.2) is 6.20 Å². The van der Waals surface area contributed by atoms with E-state index in [4.69, 9.17) is 0 Å². The molecule has 0 saturated heterocycles. The highest BCUT2D eigenvalue weighted by Gasteiger charge is 2.33. The van der Waals surface area contributed by atoms with Gasteiger partial charge in [-0.25, -0.2) is 0 Å². The number of halogens is 3. The number of rotatable bonds is 0. The van der Waals surface area contributed by atoms with Crippen molar-refractivity contribution in [3.63, 3.8) is 0 Å². The Morgan fingerprint density at radius 3 is 2.45 bits per heavy atom. The van der Waals surface area contributed by atoms with E-state index in [2.05, 4.69) is 0 Å². The third kappa shape index (κ3) is 1.83. The van der Waals surface area contributed by atoms with Gasteiger partial charge in [0, 0.05) is 6.07 Å². The van der Waals surface area contributed by atoms with Crippen molar-refractivity contribution in [3.8, 4) is 0 Å². The van der Waals surface area contributed by atoms with Crippen LogP contribution in [0.4, 0.5) is 13.2 Å². The molecule has 0 unspecified atom stereocenters. The Kier molecular flexibility index (Phi) is 1.72. The Morgan fingerprint density at radius 1 is 1.45 bits per heavy atom. The van der Waals surface area contributed by atoms with Crippen LogP contribution in [0.1, 0.15) is 5.56 Å². The summed E-state index contributed by atoms with van der Waals surface area (Å²) >= 11 is 0. The molecule has 59 valence electrons. The maximum absolute atomic E-state index is 11.8. The molecule has 0 atom stereocenters. The highest BCUT2D eigenvalue weighted by Crippen LogP contribution is 2.27. The number of hydrogen-bond donors (Lipinski definition) is 0. The van der Waals surface area contributed by atoms with Crippen molar-refractivity contribution < 1.29 is 17.9 Å². The molecule has 0 spiro atoms. The van der Waals surface area contributed by atoms with Crippen LogP contribution in [-0.4, -0.2) is 0 Å². The summed E-state index contributed by atoms with van der Waals surface area (Å²) in [5.74, 6) is 0. The second kappa shape index (κ2) is 2.41. The van der Waals surface area contributed by atoms with Crippen LogP contribution >= 0.6 is 0 Å². The van der Waals surface area contributed by atoms with Crippen molar-refractivity contribution in [2.75, 3.05) is 0 Å². The predicted molar refractivity (Wildman–Crippen MR) is 29.2 cm³/mol. The van der Waals surface area contributed by atoms with E-state index in [9.17, 15) is 18.4 Å². The van der Waals surface area contributed by atoms with E-state index < -0.39 is 11.7 Å². The van der Waals surface area contributed by atoms with Gasteiger partial charge in [0.05, 0.1) is 0 Å². The lowest BCUT2D eigenvalue weighted by atomic mass is 10.3. The average Bonchev–Trinajstić information content (AvgIpc) is 1.86. The summed E-state index contributed by atoms with van der Waals surface area (Å²) in [6.07, 6.45) is -1.97. The Morgan fingerprint density at radius 2 is 2.09 bits per heavy atom. The van der Waals surface area contributed by atoms with Gasteiger partial charge in [0.1, 0.15) is 5.56 Å². The van der Waals surface area contributed by atoms with Crippen molar-refractivity contribution in [3.05, 3.63) is 35.3 Å². The molecule has 0 amide bonds. The number of hydrogen-bond acceptors (Lipinski definition) is 1. The molecule has 0 saturated carbocycles. The molecule has 1 radical (unpaired) electrons. The van der Waals surface area contributed by atoms with E-state index in [1.165, 1.54) is 0 Å². The van der Waals surface area contributed by atoms with Gasteiger partial charge in [-0.05, 0) is 6.07 Å². The maximum Gasteiger partial charge on any atom is 0.423 e. The lowest BCUT2D eigenvalue weighted by Gasteiger charge is -2.02. The van der Waals surface area contributed by atoms with Gasteiger partial charge in [-0.15, -0.1) is 0 Å². The lowest BCUT2D eigenvalue weighted by Crippen LogP contribution is -2.27. The SMILES string of the molecule is [O-][n+]1[c]c(C(F)(F)F)ccc1. The predicted octanol–water partition coefficient (Wildman–Crippen LogP) is 1.14. The standard InChI is InChI=1S/C6H3F3NO/c7-6(8,9)5-2-1-3-10(11)4-5/h1-3H. The van der Waals surface area contributed by atoms with E-state index in [1.807, 2.05) is 0 Å². The van der Waals surface area contributed by atoms with E-state index in [-0.39, 0.29) is 4.73 Å². The van der Waals surface area contributed by atoms with Crippen molar-refractivity contribution >= 4 is 0 Å². The zero-order valence-electron chi connectivity index (χ0n) is 5.22. The first-order valence-electron chi connectivity index (χ1n) is 2.69. The van der Waals surface area contributed by atoms with E-state index in [1.54, 1.807) is 6.20 Å². The van der Waals surface area contributed by atoms with Gasteiger partial charge in [-0.1, -0.05) is 0 Å². The number of pyridine rings is 1. The molecule has 0 bridgehead atoms. The molecule has 0 aromatic carbocycles. The molecule has 1 aromatic heterocycles. The molecule has 1 rings (SSSR count). The Balaban J connectivity index is 3.06. The van der Waals surface area contributed by atoms with Gasteiger partial charge in [0.25, 0.3) is 0 Å². The summed E-state index contributed by atoms with van der Waals surface area (Å²) in [5, 5.41) is 10.3. The second-order valence-corrected chi connectivity index (χ2v) is 1.86. The minimum atomic E-state index is -4.49. The fraction of sp³-hybridized carbons (Fsp3) is 0.167. The molecular weight excluding hydrogens is 159 g/mol. The molecule has 2 nitrogen and oxygen atoms in total. The summed E-state index contributed by atoms with van der Waals surface area (Å²) in [6.45, 7) is 0. The van der Waals surface area contributed by atoms with Crippen molar-refractivity contribution in [2.45, 2.75) is 6.18 Å². The molecule has 11 heavy (non-hydrogen) atoms. The first kappa shape index (κ1) is 7.84. The summed E-state index contributed by atoms with van der Waals surface area (Å²) in [6, 6.07) is 1.81. The number of alkyl halides is 3. The van der Waals surface area contributed by atoms with Crippen LogP contribution < -0.4 is 4.73 Å². The number of nitrogens with zero attached hydrogens (tertiary/aromatic N) is 1. The van der Waals surface area contributed by atoms with E-state index in [0.717, 1.165) is 18.3 Å². The van der Waals surface area contributed by atoms with Crippen LogP contribution in [-0.2, 0) is 6.18 Å². The van der Waals surface area contributed by atoms with Crippen LogP contribution in [0, 0.1) is 11.4 Å². The first-order valence-corrected chi connectivity index (χ1v) is 2.69. The lowest BCUT2D eigenvalue weighted by molar-refractivity contribution is -0.611. The molecule has 0 aliphatic carbocycles. The third-order valence-electron chi connectivity index (χ3n) is 1.02. The fourth-order valence-electron chi connectivity index (χ4n) is 0.569. The Labute approximate surface area is 60.5 Å². The van der Waals surface area contributed by atoms with E-state index >= 15 is 0 Å². The van der Waals surface area contributed by atoms with Crippen LogP contribution in [0.25, 0.3) is 0 Å². The molecular formula is C6H3F3NO. The van der Waals surface area contributed by atoms with Crippen LogP contribution in [0.3, 0.4) is 0 Å². The molecule has 0 fully saturated rings. The monoisotopic (exact) mass is 162 g/mol. The van der Waals surface area contributed by atoms with E-state index in [0.29, 0.717) is 0 Å². The average molecular weight is 162 g/mol. The van der Waals surface area contributed by atoms with Crippen molar-refractivity contribution in [1.29, 1.82) is 0 Å². The van der Waals surface area contributed by atoms with Gasteiger partial charge in [0.2, 0.25) is 0 Å². The zero-order chi connectivity index (χ0) is 8.48. The van der Waals surface area contributed by atoms with Crippen molar-refractivity contribution in [1.82, 2.24) is 0 Å². The summed E-state index contributed by atoms with van der Waals surface area (Å²) in [4.78, 5) is 0. The minimum Gasteiger partial charge on any atom is -0.618 e. The van der Waals surface area contributed by atoms with Crippen molar-refractivity contribution in [2.24, 2.45) is 0 Å². The Bertz CT molecular complexity index is 258. The largest absolute Gasteiger partial charge is 0.618 e. The molecule has 0 aliphatic heterocycles. The minimum absolute atomic E-state index is 0.0111. The molecule has 1 heterocycles. The fourth-order valence-corrected chi connectivity index (χ4v) is 0.569. The van der Waals surface area contributed by atoms with Crippen LogP contribution in [0.2, 0.25) is 0 Å². The smallest absolute Gasteiger partial charge is 0.423 e. The zero-order valence-corrected chi connectivity index (χ0v) is 5.22. The van der Waals surface area contributed by atoms with Gasteiger partial charge < -0.3 is 5.21 Å². The quantitative estimate of drug-likeness (QED) is 0.415. The molecule has 5 heteroatoms. The molecule has 0 N–H and O–H groups in total. The first-order chi connectivity index (χ1) is 5.00. The molecule has 1 aromatic rings. The highest BCUT2D eigenvalue weighted by molar-refractivity contribution is 5.08. The third-order valence-corrected chi connectivity index (χ3v) is 1.02. The Hall–Kier alpha value is -1.26. The van der Waals surface area contributed by atoms with Gasteiger partial charge >= 0.3 is 12.4 Å². The summed E-state index contributed by atoms with van der Waals surface area (Å²) < 4.78 is 35.3. The van der Waals surface area contributed by atoms with Gasteiger partial charge in [-0.3, -0.25) is 0 Å². The maximum atomic E-state index is 11.8. The number of aromatic nitrogens is 1. The highest BCUT2D eigenvalue weighted by atomic mass is 19.4.